The van der Waals surface area contributed by atoms with Crippen molar-refractivity contribution in [2.75, 3.05) is 12.9 Å². The maximum atomic E-state index is 11.7. The number of aryl methyl sites for hydroxylation is 1. The molecule has 3 unspecified atom stereocenters. The van der Waals surface area contributed by atoms with E-state index in [1.807, 2.05) is 107 Å². The van der Waals surface area contributed by atoms with Gasteiger partial charge in [0.05, 0.1) is 26.9 Å². The van der Waals surface area contributed by atoms with Crippen molar-refractivity contribution in [1.29, 1.82) is 0 Å². The van der Waals surface area contributed by atoms with Crippen LogP contribution in [0.1, 0.15) is 64.7 Å². The molecule has 2 aliphatic heterocycles. The van der Waals surface area contributed by atoms with Gasteiger partial charge < -0.3 is 20.3 Å². The van der Waals surface area contributed by atoms with Gasteiger partial charge in [-0.05, 0) is 149 Å². The number of imide groups is 1. The van der Waals surface area contributed by atoms with Gasteiger partial charge in [-0.2, -0.15) is 5.06 Å². The average molecular weight is 1040 g/mol. The van der Waals surface area contributed by atoms with Crippen LogP contribution < -0.4 is 20.5 Å². The standard InChI is InChI=1S/C24H27NO5S.C18H15ClN2O2S.C11H12N2O2S/c1-13-14(2)21-18(15(3)20(13)26)9-10-24(4,30-21)12-29-17-7-5-16(6-8-17)11-19-22(27)25-23(28)31-19;1-12-3-4-14(10-20-12)18-17(9-15(19)11-21-18)13-5-7-16(8-6-13)24(2,22)23;1-7(13(15)11(12)14)10-6-8-4-2-3-5-9(8)16-10/h5-8,19,26H,9-12H2,1-4H3,(H,25,27,28);3-11H,1-2H3;2-7,15H,1H3,(H2,12,14). The third-order valence-electron chi connectivity index (χ3n) is 12.3. The number of nitrogens with zero attached hydrogens (tertiary/aromatic N) is 3. The van der Waals surface area contributed by atoms with Crippen LogP contribution in [-0.4, -0.2) is 74.7 Å². The van der Waals surface area contributed by atoms with Crippen molar-refractivity contribution in [2.24, 2.45) is 5.73 Å². The third-order valence-corrected chi connectivity index (χ3v) is 15.9. The molecule has 1 saturated heterocycles. The van der Waals surface area contributed by atoms with E-state index < -0.39 is 27.5 Å². The summed E-state index contributed by atoms with van der Waals surface area (Å²) in [5.41, 5.74) is 13.5. The van der Waals surface area contributed by atoms with Crippen molar-refractivity contribution in [3.63, 3.8) is 0 Å². The van der Waals surface area contributed by atoms with Crippen LogP contribution in [0.2, 0.25) is 5.02 Å². The molecule has 18 heteroatoms. The van der Waals surface area contributed by atoms with Crippen LogP contribution in [0.4, 0.5) is 9.59 Å². The number of thioether (sulfide) groups is 1. The lowest BCUT2D eigenvalue weighted by Crippen LogP contribution is -2.42. The molecule has 0 spiro atoms. The van der Waals surface area contributed by atoms with Crippen molar-refractivity contribution in [2.45, 2.75) is 82.6 Å². The Balaban J connectivity index is 0.000000165. The normalized spacial score (nSPS) is 16.6. The van der Waals surface area contributed by atoms with Crippen LogP contribution in [0, 0.1) is 27.7 Å². The van der Waals surface area contributed by atoms with Gasteiger partial charge in [0, 0.05) is 50.6 Å². The van der Waals surface area contributed by atoms with Gasteiger partial charge in [0.25, 0.3) is 5.24 Å². The monoisotopic (exact) mass is 1040 g/mol. The van der Waals surface area contributed by atoms with Crippen LogP contribution in [0.15, 0.2) is 114 Å². The maximum absolute atomic E-state index is 11.7. The van der Waals surface area contributed by atoms with E-state index in [4.69, 9.17) is 26.8 Å². The van der Waals surface area contributed by atoms with Gasteiger partial charge in [-0.15, -0.1) is 11.3 Å². The molecule has 0 bridgehead atoms. The number of sulfone groups is 1. The molecular weight excluding hydrogens is 982 g/mol. The molecule has 1 fully saturated rings. The molecule has 7 aromatic rings. The summed E-state index contributed by atoms with van der Waals surface area (Å²) in [6, 6.07) is 28.6. The Bertz CT molecular complexity index is 3190. The Morgan fingerprint density at radius 3 is 2.27 bits per heavy atom. The first-order valence-corrected chi connectivity index (χ1v) is 26.5. The first-order chi connectivity index (χ1) is 33.6. The second-order valence-electron chi connectivity index (χ2n) is 17.7. The zero-order chi connectivity index (χ0) is 51.4. The number of hydrogen-bond acceptors (Lipinski definition) is 13. The molecule has 0 saturated carbocycles. The third kappa shape index (κ3) is 12.5. The average Bonchev–Trinajstić information content (AvgIpc) is 3.93. The summed E-state index contributed by atoms with van der Waals surface area (Å²) in [5.74, 6) is 1.72. The second kappa shape index (κ2) is 21.9. The molecule has 9 rings (SSSR count). The second-order valence-corrected chi connectivity index (χ2v) is 22.4. The van der Waals surface area contributed by atoms with E-state index in [0.29, 0.717) is 28.9 Å². The number of fused-ring (bicyclic) bond motifs is 2. The Hall–Kier alpha value is -6.50. The number of halogens is 1. The van der Waals surface area contributed by atoms with Gasteiger partial charge >= 0.3 is 6.03 Å². The minimum Gasteiger partial charge on any atom is -0.507 e. The number of aromatic nitrogens is 2. The minimum atomic E-state index is -3.23. The summed E-state index contributed by atoms with van der Waals surface area (Å²) in [5, 5.41) is 23.6. The number of benzene rings is 4. The summed E-state index contributed by atoms with van der Waals surface area (Å²) >= 11 is 8.69. The highest BCUT2D eigenvalue weighted by Crippen LogP contribution is 2.43. The number of phenolic OH excluding ortho intramolecular Hbond substituents is 1. The number of amides is 4. The van der Waals surface area contributed by atoms with E-state index >= 15 is 0 Å². The summed E-state index contributed by atoms with van der Waals surface area (Å²) < 4.78 is 36.8. The van der Waals surface area contributed by atoms with Crippen molar-refractivity contribution in [3.05, 3.63) is 153 Å². The number of thiophene rings is 1. The van der Waals surface area contributed by atoms with Crippen molar-refractivity contribution >= 4 is 71.8 Å². The van der Waals surface area contributed by atoms with Gasteiger partial charge in [-0.3, -0.25) is 30.1 Å². The van der Waals surface area contributed by atoms with Crippen molar-refractivity contribution < 1.29 is 42.6 Å². The van der Waals surface area contributed by atoms with Crippen molar-refractivity contribution in [3.8, 4) is 39.6 Å². The molecular formula is C53H54ClN5O9S3. The van der Waals surface area contributed by atoms with Gasteiger partial charge in [0.15, 0.2) is 9.84 Å². The van der Waals surface area contributed by atoms with Gasteiger partial charge in [-0.25, -0.2) is 13.2 Å². The molecule has 5 heterocycles. The fourth-order valence-corrected chi connectivity index (χ4v) is 10.7. The molecule has 3 aromatic heterocycles. The van der Waals surface area contributed by atoms with Crippen molar-refractivity contribution in [1.82, 2.24) is 20.3 Å². The van der Waals surface area contributed by atoms with E-state index in [2.05, 4.69) is 15.3 Å². The van der Waals surface area contributed by atoms with E-state index in [0.717, 1.165) is 107 Å². The lowest BCUT2D eigenvalue weighted by molar-refractivity contribution is -0.118. The molecule has 370 valence electrons. The lowest BCUT2D eigenvalue weighted by atomic mass is 9.87. The van der Waals surface area contributed by atoms with E-state index in [1.54, 1.807) is 54.9 Å². The number of phenols is 1. The zero-order valence-corrected chi connectivity index (χ0v) is 43.4. The van der Waals surface area contributed by atoms with Gasteiger partial charge in [0.2, 0.25) is 5.91 Å². The number of pyridine rings is 2. The zero-order valence-electron chi connectivity index (χ0n) is 40.1. The highest BCUT2D eigenvalue weighted by Gasteiger charge is 2.36. The Morgan fingerprint density at radius 2 is 1.65 bits per heavy atom. The first-order valence-electron chi connectivity index (χ1n) is 22.5. The molecule has 71 heavy (non-hydrogen) atoms. The van der Waals surface area contributed by atoms with Crippen LogP contribution in [0.25, 0.3) is 32.5 Å². The first kappa shape index (κ1) is 52.3. The van der Waals surface area contributed by atoms with E-state index in [1.165, 1.54) is 6.26 Å². The highest BCUT2D eigenvalue weighted by atomic mass is 35.5. The number of urea groups is 1. The molecule has 0 aliphatic carbocycles. The molecule has 14 nitrogen and oxygen atoms in total. The molecule has 2 aliphatic rings. The lowest BCUT2D eigenvalue weighted by Gasteiger charge is -2.37. The molecule has 3 atom stereocenters. The number of nitrogens with one attached hydrogen (secondary N) is 1. The summed E-state index contributed by atoms with van der Waals surface area (Å²) in [4.78, 5) is 43.8. The Labute approximate surface area is 426 Å². The van der Waals surface area contributed by atoms with Crippen LogP contribution in [0.5, 0.6) is 17.2 Å². The van der Waals surface area contributed by atoms with E-state index in [9.17, 15) is 33.1 Å². The van der Waals surface area contributed by atoms with Crippen LogP contribution in [-0.2, 0) is 27.5 Å². The minimum absolute atomic E-state index is 0.230. The number of rotatable bonds is 10. The predicted molar refractivity (Wildman–Crippen MR) is 279 cm³/mol. The maximum Gasteiger partial charge on any atom is 0.339 e. The Kier molecular flexibility index (Phi) is 16.1. The van der Waals surface area contributed by atoms with Gasteiger partial charge in [-0.1, -0.05) is 65.8 Å². The highest BCUT2D eigenvalue weighted by molar-refractivity contribution is 8.15. The SMILES string of the molecule is CC(c1cc2ccccc2s1)N(O)C(N)=O.Cc1c(C)c2c(c(C)c1O)CCC(C)(COc1ccc(CC3SC(=O)NC3=O)cc1)O2.Cc1ccc(-c2ncc(Cl)cc2-c2ccc(S(C)(=O)=O)cc2)cn1. The Morgan fingerprint density at radius 1 is 0.958 bits per heavy atom. The van der Waals surface area contributed by atoms with Gasteiger partial charge in [0.1, 0.15) is 29.5 Å². The number of carbonyl (C=O) groups excluding carboxylic acids is 3. The molecule has 0 radical (unpaired) electrons. The fourth-order valence-electron chi connectivity index (χ4n) is 7.99. The topological polar surface area (TPSA) is 211 Å². The van der Waals surface area contributed by atoms with Crippen LogP contribution in [0.3, 0.4) is 0 Å². The molecule has 5 N–H and O–H groups in total. The summed E-state index contributed by atoms with van der Waals surface area (Å²) in [6.07, 6.45) is 6.67. The van der Waals surface area contributed by atoms with Crippen LogP contribution >= 0.6 is 34.7 Å². The number of primary amides is 1. The quantitative estimate of drug-likeness (QED) is 0.0744. The number of ether oxygens (including phenoxy) is 2. The number of nitrogens with two attached hydrogens (primary N) is 1. The molecule has 4 amide bonds. The summed E-state index contributed by atoms with van der Waals surface area (Å²) in [6.45, 7) is 11.9. The predicted octanol–water partition coefficient (Wildman–Crippen LogP) is 11.3. The number of aromatic hydroxyl groups is 1. The number of hydroxylamine groups is 2. The summed E-state index contributed by atoms with van der Waals surface area (Å²) in [7, 11) is -3.23. The molecule has 4 aromatic carbocycles. The smallest absolute Gasteiger partial charge is 0.339 e. The largest absolute Gasteiger partial charge is 0.507 e. The van der Waals surface area contributed by atoms with E-state index in [-0.39, 0.29) is 21.3 Å². The number of carbonyl (C=O) groups is 3. The fraction of sp³-hybridized carbons (Fsp3) is 0.264. The number of hydrogen-bond donors (Lipinski definition) is 4.